The summed E-state index contributed by atoms with van der Waals surface area (Å²) in [6.45, 7) is 4.20. The summed E-state index contributed by atoms with van der Waals surface area (Å²) in [6.07, 6.45) is 0. The van der Waals surface area contributed by atoms with E-state index in [4.69, 9.17) is 4.74 Å². The Bertz CT molecular complexity index is 628. The molecule has 0 fully saturated rings. The van der Waals surface area contributed by atoms with E-state index in [0.29, 0.717) is 0 Å². The van der Waals surface area contributed by atoms with Crippen molar-refractivity contribution >= 4 is 0 Å². The third-order valence-electron chi connectivity index (χ3n) is 3.67. The fourth-order valence-electron chi connectivity index (χ4n) is 2.17. The number of likely N-dealkylation sites (N-methyl/N-ethyl adjacent to an activating group) is 1. The average molecular weight is 291 g/mol. The molecule has 0 aliphatic heterocycles. The van der Waals surface area contributed by atoms with Crippen molar-refractivity contribution in [1.82, 2.24) is 5.32 Å². The number of nitrogens with one attached hydrogen (secondary N) is 1. The van der Waals surface area contributed by atoms with Crippen molar-refractivity contribution in [2.75, 3.05) is 13.7 Å². The van der Waals surface area contributed by atoms with E-state index in [2.05, 4.69) is 5.32 Å². The lowest BCUT2D eigenvalue weighted by atomic mass is 10.1. The van der Waals surface area contributed by atoms with Crippen molar-refractivity contribution in [3.05, 3.63) is 64.7 Å². The molecule has 0 bridgehead atoms. The van der Waals surface area contributed by atoms with Crippen LogP contribution in [-0.4, -0.2) is 13.7 Å². The van der Waals surface area contributed by atoms with E-state index in [1.807, 2.05) is 32.0 Å². The highest BCUT2D eigenvalue weighted by Crippen LogP contribution is 2.24. The van der Waals surface area contributed by atoms with Gasteiger partial charge in [0.15, 0.2) is 11.6 Å². The van der Waals surface area contributed by atoms with Crippen LogP contribution in [0, 0.1) is 25.5 Å². The molecule has 2 aromatic rings. The minimum atomic E-state index is -0.848. The maximum atomic E-state index is 13.8. The molecule has 0 saturated carbocycles. The Morgan fingerprint density at radius 2 is 1.81 bits per heavy atom. The molecule has 2 aromatic carbocycles. The topological polar surface area (TPSA) is 21.3 Å². The quantitative estimate of drug-likeness (QED) is 0.901. The second-order valence-electron chi connectivity index (χ2n) is 4.99. The van der Waals surface area contributed by atoms with Crippen molar-refractivity contribution in [2.24, 2.45) is 0 Å². The molecule has 1 N–H and O–H groups in total. The third-order valence-corrected chi connectivity index (χ3v) is 3.67. The molecule has 0 aliphatic rings. The van der Waals surface area contributed by atoms with Crippen molar-refractivity contribution in [3.63, 3.8) is 0 Å². The largest absolute Gasteiger partial charge is 0.491 e. The normalized spacial score (nSPS) is 12.2. The number of benzene rings is 2. The molecule has 2 rings (SSSR count). The number of rotatable bonds is 5. The molecule has 0 amide bonds. The van der Waals surface area contributed by atoms with Gasteiger partial charge in [0, 0.05) is 5.56 Å². The van der Waals surface area contributed by atoms with Crippen LogP contribution in [0.2, 0.25) is 0 Å². The maximum absolute atomic E-state index is 13.8. The maximum Gasteiger partial charge on any atom is 0.163 e. The van der Waals surface area contributed by atoms with Crippen molar-refractivity contribution in [1.29, 1.82) is 0 Å². The first-order valence-electron chi connectivity index (χ1n) is 6.84. The molecule has 4 heteroatoms. The summed E-state index contributed by atoms with van der Waals surface area (Å²) >= 11 is 0. The smallest absolute Gasteiger partial charge is 0.163 e. The molecular formula is C17H19F2NO. The number of ether oxygens (including phenoxy) is 1. The van der Waals surface area contributed by atoms with Gasteiger partial charge in [0.25, 0.3) is 0 Å². The van der Waals surface area contributed by atoms with Crippen LogP contribution in [0.15, 0.2) is 36.4 Å². The Labute approximate surface area is 123 Å². The number of hydrogen-bond donors (Lipinski definition) is 1. The van der Waals surface area contributed by atoms with Crippen LogP contribution >= 0.6 is 0 Å². The molecule has 0 aliphatic carbocycles. The minimum absolute atomic E-state index is 0.223. The number of hydrogen-bond acceptors (Lipinski definition) is 2. The Kier molecular flexibility index (Phi) is 4.91. The van der Waals surface area contributed by atoms with E-state index in [1.165, 1.54) is 6.07 Å². The first-order valence-corrected chi connectivity index (χ1v) is 6.84. The first-order chi connectivity index (χ1) is 10.0. The fourth-order valence-corrected chi connectivity index (χ4v) is 2.17. The van der Waals surface area contributed by atoms with Gasteiger partial charge in [-0.05, 0) is 44.2 Å². The molecular weight excluding hydrogens is 272 g/mol. The standard InChI is InChI=1S/C17H19F2NO/c1-11-6-4-9-16(12(11)2)21-10-15(20-3)13-7-5-8-14(18)17(13)19/h4-9,15,20H,10H2,1-3H3. The molecule has 21 heavy (non-hydrogen) atoms. The Morgan fingerprint density at radius 1 is 1.10 bits per heavy atom. The van der Waals surface area contributed by atoms with Crippen LogP contribution in [-0.2, 0) is 0 Å². The third kappa shape index (κ3) is 3.39. The van der Waals surface area contributed by atoms with E-state index in [9.17, 15) is 8.78 Å². The van der Waals surface area contributed by atoms with E-state index < -0.39 is 17.7 Å². The lowest BCUT2D eigenvalue weighted by molar-refractivity contribution is 0.267. The zero-order valence-electron chi connectivity index (χ0n) is 12.4. The zero-order chi connectivity index (χ0) is 15.4. The van der Waals surface area contributed by atoms with Crippen LogP contribution in [0.1, 0.15) is 22.7 Å². The number of aryl methyl sites for hydroxylation is 1. The number of halogens is 2. The second kappa shape index (κ2) is 6.68. The van der Waals surface area contributed by atoms with Crippen molar-refractivity contribution in [2.45, 2.75) is 19.9 Å². The summed E-state index contributed by atoms with van der Waals surface area (Å²) in [5.41, 5.74) is 2.44. The van der Waals surface area contributed by atoms with Gasteiger partial charge in [-0.1, -0.05) is 24.3 Å². The summed E-state index contributed by atoms with van der Waals surface area (Å²) in [5, 5.41) is 2.96. The van der Waals surface area contributed by atoms with Gasteiger partial charge in [0.2, 0.25) is 0 Å². The van der Waals surface area contributed by atoms with Crippen LogP contribution in [0.25, 0.3) is 0 Å². The van der Waals surface area contributed by atoms with Crippen LogP contribution < -0.4 is 10.1 Å². The van der Waals surface area contributed by atoms with Crippen molar-refractivity contribution in [3.8, 4) is 5.75 Å². The van der Waals surface area contributed by atoms with Gasteiger partial charge in [-0.2, -0.15) is 0 Å². The van der Waals surface area contributed by atoms with Gasteiger partial charge in [-0.25, -0.2) is 8.78 Å². The predicted molar refractivity (Wildman–Crippen MR) is 79.6 cm³/mol. The lowest BCUT2D eigenvalue weighted by Gasteiger charge is -2.19. The van der Waals surface area contributed by atoms with E-state index in [1.54, 1.807) is 13.1 Å². The molecule has 1 unspecified atom stereocenters. The molecule has 112 valence electrons. The molecule has 0 spiro atoms. The molecule has 0 heterocycles. The monoisotopic (exact) mass is 291 g/mol. The molecule has 2 nitrogen and oxygen atoms in total. The molecule has 1 atom stereocenters. The summed E-state index contributed by atoms with van der Waals surface area (Å²) in [5.74, 6) is -0.923. The van der Waals surface area contributed by atoms with Gasteiger partial charge in [0.1, 0.15) is 12.4 Å². The molecule has 0 radical (unpaired) electrons. The predicted octanol–water partition coefficient (Wildman–Crippen LogP) is 3.92. The van der Waals surface area contributed by atoms with Crippen LogP contribution in [0.3, 0.4) is 0 Å². The Balaban J connectivity index is 2.16. The fraction of sp³-hybridized carbons (Fsp3) is 0.294. The van der Waals surface area contributed by atoms with Gasteiger partial charge >= 0.3 is 0 Å². The zero-order valence-corrected chi connectivity index (χ0v) is 12.4. The second-order valence-corrected chi connectivity index (χ2v) is 4.99. The summed E-state index contributed by atoms with van der Waals surface area (Å²) < 4.78 is 32.9. The lowest BCUT2D eigenvalue weighted by Crippen LogP contribution is -2.24. The first kappa shape index (κ1) is 15.4. The summed E-state index contributed by atoms with van der Waals surface area (Å²) in [4.78, 5) is 0. The highest BCUT2D eigenvalue weighted by atomic mass is 19.2. The van der Waals surface area contributed by atoms with E-state index in [0.717, 1.165) is 22.9 Å². The highest BCUT2D eigenvalue weighted by molar-refractivity contribution is 5.38. The molecule has 0 saturated heterocycles. The average Bonchev–Trinajstić information content (AvgIpc) is 2.48. The minimum Gasteiger partial charge on any atom is -0.491 e. The van der Waals surface area contributed by atoms with E-state index in [-0.39, 0.29) is 12.2 Å². The van der Waals surface area contributed by atoms with Gasteiger partial charge < -0.3 is 10.1 Å². The van der Waals surface area contributed by atoms with Crippen LogP contribution in [0.5, 0.6) is 5.75 Å². The highest BCUT2D eigenvalue weighted by Gasteiger charge is 2.17. The van der Waals surface area contributed by atoms with Gasteiger partial charge in [-0.3, -0.25) is 0 Å². The van der Waals surface area contributed by atoms with E-state index >= 15 is 0 Å². The summed E-state index contributed by atoms with van der Waals surface area (Å²) in [6, 6.07) is 9.54. The van der Waals surface area contributed by atoms with Crippen molar-refractivity contribution < 1.29 is 13.5 Å². The summed E-state index contributed by atoms with van der Waals surface area (Å²) in [7, 11) is 1.70. The van der Waals surface area contributed by atoms with Gasteiger partial charge in [-0.15, -0.1) is 0 Å². The molecule has 0 aromatic heterocycles. The Morgan fingerprint density at radius 3 is 2.52 bits per heavy atom. The Hall–Kier alpha value is -1.94. The van der Waals surface area contributed by atoms with Crippen LogP contribution in [0.4, 0.5) is 8.78 Å². The van der Waals surface area contributed by atoms with Gasteiger partial charge in [0.05, 0.1) is 6.04 Å². The SMILES string of the molecule is CNC(COc1cccc(C)c1C)c1cccc(F)c1F.